The zero-order chi connectivity index (χ0) is 17.7. The summed E-state index contributed by atoms with van der Waals surface area (Å²) in [5.41, 5.74) is 6.94. The number of anilines is 1. The summed E-state index contributed by atoms with van der Waals surface area (Å²) < 4.78 is 0. The van der Waals surface area contributed by atoms with E-state index in [1.807, 2.05) is 0 Å². The molecule has 2 aromatic carbocycles. The van der Waals surface area contributed by atoms with Crippen LogP contribution in [0.5, 0.6) is 0 Å². The van der Waals surface area contributed by atoms with Crippen LogP contribution in [0.1, 0.15) is 26.3 Å². The summed E-state index contributed by atoms with van der Waals surface area (Å²) in [5, 5.41) is 16.4. The lowest BCUT2D eigenvalue weighted by molar-refractivity contribution is -0.384. The van der Waals surface area contributed by atoms with E-state index < -0.39 is 16.7 Å². The summed E-state index contributed by atoms with van der Waals surface area (Å²) in [6, 6.07) is 10.7. The van der Waals surface area contributed by atoms with E-state index in [-0.39, 0.29) is 11.3 Å². The second kappa shape index (κ2) is 7.23. The molecule has 0 aromatic heterocycles. The van der Waals surface area contributed by atoms with Crippen LogP contribution in [0, 0.1) is 10.1 Å². The molecule has 2 rings (SSSR count). The Kier molecular flexibility index (Phi) is 5.10. The van der Waals surface area contributed by atoms with Crippen molar-refractivity contribution in [1.82, 2.24) is 5.32 Å². The number of nitrogens with zero attached hydrogens (tertiary/aromatic N) is 1. The lowest BCUT2D eigenvalue weighted by atomic mass is 10.1. The van der Waals surface area contributed by atoms with Gasteiger partial charge in [-0.05, 0) is 23.8 Å². The number of nitrogens with two attached hydrogens (primary N) is 1. The number of hydrogen-bond acceptors (Lipinski definition) is 5. The molecule has 2 aromatic rings. The fourth-order valence-electron chi connectivity index (χ4n) is 2.11. The first kappa shape index (κ1) is 16.9. The quantitative estimate of drug-likeness (QED) is 0.549. The Morgan fingerprint density at radius 2 is 1.83 bits per heavy atom. The second-order valence-electron chi connectivity index (χ2n) is 4.98. The van der Waals surface area contributed by atoms with Crippen molar-refractivity contribution in [2.24, 2.45) is 5.73 Å². The Balaban J connectivity index is 2.20. The molecule has 0 fully saturated rings. The first-order valence-electron chi connectivity index (χ1n) is 7.05. The monoisotopic (exact) mass is 328 g/mol. The summed E-state index contributed by atoms with van der Waals surface area (Å²) in [6.45, 7) is 0.376. The Morgan fingerprint density at radius 3 is 2.38 bits per heavy atom. The highest BCUT2D eigenvalue weighted by molar-refractivity contribution is 6.00. The van der Waals surface area contributed by atoms with Gasteiger partial charge in [0, 0.05) is 37.0 Å². The maximum atomic E-state index is 11.9. The zero-order valence-corrected chi connectivity index (χ0v) is 12.9. The van der Waals surface area contributed by atoms with Crippen LogP contribution in [0.15, 0.2) is 42.5 Å². The SMILES string of the molecule is CNC(=O)c1cc([N+](=O)[O-])ccc1NCc1ccc(C(N)=O)cc1. The van der Waals surface area contributed by atoms with E-state index in [9.17, 15) is 19.7 Å². The predicted molar refractivity (Wildman–Crippen MR) is 88.8 cm³/mol. The van der Waals surface area contributed by atoms with Gasteiger partial charge in [0.1, 0.15) is 0 Å². The lowest BCUT2D eigenvalue weighted by Gasteiger charge is -2.11. The van der Waals surface area contributed by atoms with Gasteiger partial charge in [-0.25, -0.2) is 0 Å². The highest BCUT2D eigenvalue weighted by Crippen LogP contribution is 2.23. The van der Waals surface area contributed by atoms with Crippen LogP contribution in [-0.4, -0.2) is 23.8 Å². The number of amides is 2. The van der Waals surface area contributed by atoms with Gasteiger partial charge >= 0.3 is 0 Å². The highest BCUT2D eigenvalue weighted by atomic mass is 16.6. The van der Waals surface area contributed by atoms with Crippen LogP contribution < -0.4 is 16.4 Å². The van der Waals surface area contributed by atoms with Gasteiger partial charge in [0.05, 0.1) is 10.5 Å². The minimum absolute atomic E-state index is 0.162. The van der Waals surface area contributed by atoms with Gasteiger partial charge in [0.15, 0.2) is 0 Å². The number of nitrogens with one attached hydrogen (secondary N) is 2. The van der Waals surface area contributed by atoms with Crippen molar-refractivity contribution in [3.63, 3.8) is 0 Å². The van der Waals surface area contributed by atoms with Crippen molar-refractivity contribution < 1.29 is 14.5 Å². The van der Waals surface area contributed by atoms with E-state index in [2.05, 4.69) is 10.6 Å². The summed E-state index contributed by atoms with van der Waals surface area (Å²) in [4.78, 5) is 33.3. The topological polar surface area (TPSA) is 127 Å². The molecule has 0 aliphatic carbocycles. The van der Waals surface area contributed by atoms with Crippen LogP contribution in [0.2, 0.25) is 0 Å². The number of hydrogen-bond donors (Lipinski definition) is 3. The molecule has 0 unspecified atom stereocenters. The second-order valence-corrected chi connectivity index (χ2v) is 4.98. The average Bonchev–Trinajstić information content (AvgIpc) is 2.59. The summed E-state index contributed by atoms with van der Waals surface area (Å²) in [7, 11) is 1.45. The fraction of sp³-hybridized carbons (Fsp3) is 0.125. The van der Waals surface area contributed by atoms with Crippen molar-refractivity contribution in [1.29, 1.82) is 0 Å². The zero-order valence-electron chi connectivity index (χ0n) is 12.9. The maximum absolute atomic E-state index is 11.9. The van der Waals surface area contributed by atoms with Crippen LogP contribution in [0.3, 0.4) is 0 Å². The predicted octanol–water partition coefficient (Wildman–Crippen LogP) is 1.67. The first-order chi connectivity index (χ1) is 11.4. The molecule has 0 aliphatic rings. The van der Waals surface area contributed by atoms with E-state index in [1.165, 1.54) is 25.2 Å². The number of carbonyl (C=O) groups excluding carboxylic acids is 2. The molecule has 4 N–H and O–H groups in total. The molecule has 0 atom stereocenters. The molecule has 0 saturated heterocycles. The van der Waals surface area contributed by atoms with Crippen molar-refractivity contribution in [2.45, 2.75) is 6.54 Å². The minimum Gasteiger partial charge on any atom is -0.380 e. The first-order valence-corrected chi connectivity index (χ1v) is 7.05. The number of nitro groups is 1. The van der Waals surface area contributed by atoms with Gasteiger partial charge in [-0.3, -0.25) is 19.7 Å². The molecule has 0 aliphatic heterocycles. The van der Waals surface area contributed by atoms with Crippen molar-refractivity contribution in [2.75, 3.05) is 12.4 Å². The fourth-order valence-corrected chi connectivity index (χ4v) is 2.11. The molecule has 0 spiro atoms. The van der Waals surface area contributed by atoms with Crippen LogP contribution >= 0.6 is 0 Å². The number of non-ortho nitro benzene ring substituents is 1. The molecule has 0 saturated carbocycles. The Bertz CT molecular complexity index is 787. The van der Waals surface area contributed by atoms with Crippen molar-refractivity contribution in [3.05, 3.63) is 69.3 Å². The number of benzene rings is 2. The molecule has 24 heavy (non-hydrogen) atoms. The smallest absolute Gasteiger partial charge is 0.270 e. The standard InChI is InChI=1S/C16H16N4O4/c1-18-16(22)13-8-12(20(23)24)6-7-14(13)19-9-10-2-4-11(5-3-10)15(17)21/h2-8,19H,9H2,1H3,(H2,17,21)(H,18,22). The van der Waals surface area contributed by atoms with Gasteiger partial charge in [-0.2, -0.15) is 0 Å². The van der Waals surface area contributed by atoms with Gasteiger partial charge in [0.2, 0.25) is 5.91 Å². The van der Waals surface area contributed by atoms with Gasteiger partial charge in [-0.15, -0.1) is 0 Å². The molecule has 0 heterocycles. The van der Waals surface area contributed by atoms with Crippen LogP contribution in [0.25, 0.3) is 0 Å². The summed E-state index contributed by atoms with van der Waals surface area (Å²) >= 11 is 0. The molecular weight excluding hydrogens is 312 g/mol. The molecule has 2 amide bonds. The van der Waals surface area contributed by atoms with Gasteiger partial charge in [-0.1, -0.05) is 12.1 Å². The van der Waals surface area contributed by atoms with Gasteiger partial charge < -0.3 is 16.4 Å². The molecule has 124 valence electrons. The third-order valence-electron chi connectivity index (χ3n) is 3.41. The van der Waals surface area contributed by atoms with E-state index in [0.29, 0.717) is 17.8 Å². The number of nitro benzene ring substituents is 1. The molecule has 0 radical (unpaired) electrons. The normalized spacial score (nSPS) is 10.0. The Morgan fingerprint density at radius 1 is 1.17 bits per heavy atom. The van der Waals surface area contributed by atoms with E-state index in [1.54, 1.807) is 24.3 Å². The Hall–Kier alpha value is -3.42. The summed E-state index contributed by atoms with van der Waals surface area (Å²) in [5.74, 6) is -0.933. The maximum Gasteiger partial charge on any atom is 0.270 e. The van der Waals surface area contributed by atoms with Crippen molar-refractivity contribution >= 4 is 23.2 Å². The molecule has 8 heteroatoms. The third kappa shape index (κ3) is 3.86. The Labute approximate surface area is 137 Å². The lowest BCUT2D eigenvalue weighted by Crippen LogP contribution is -2.20. The van der Waals surface area contributed by atoms with Crippen LogP contribution in [-0.2, 0) is 6.54 Å². The molecule has 8 nitrogen and oxygen atoms in total. The highest BCUT2D eigenvalue weighted by Gasteiger charge is 2.15. The molecule has 0 bridgehead atoms. The van der Waals surface area contributed by atoms with Gasteiger partial charge in [0.25, 0.3) is 11.6 Å². The van der Waals surface area contributed by atoms with E-state index >= 15 is 0 Å². The van der Waals surface area contributed by atoms with E-state index in [0.717, 1.165) is 5.56 Å². The third-order valence-corrected chi connectivity index (χ3v) is 3.41. The average molecular weight is 328 g/mol. The number of rotatable bonds is 6. The largest absolute Gasteiger partial charge is 0.380 e. The van der Waals surface area contributed by atoms with E-state index in [4.69, 9.17) is 5.73 Å². The molecular formula is C16H16N4O4. The minimum atomic E-state index is -0.557. The summed E-state index contributed by atoms with van der Waals surface area (Å²) in [6.07, 6.45) is 0. The number of primary amides is 1. The number of carbonyl (C=O) groups is 2. The van der Waals surface area contributed by atoms with Crippen LogP contribution in [0.4, 0.5) is 11.4 Å². The van der Waals surface area contributed by atoms with Crippen molar-refractivity contribution in [3.8, 4) is 0 Å².